The lowest BCUT2D eigenvalue weighted by molar-refractivity contribution is 0.214. The molecule has 1 aromatic heterocycles. The molecule has 2 unspecified atom stereocenters. The summed E-state index contributed by atoms with van der Waals surface area (Å²) in [5, 5.41) is 7.71. The lowest BCUT2D eigenvalue weighted by atomic mass is 9.99. The summed E-state index contributed by atoms with van der Waals surface area (Å²) in [6, 6.07) is 4.13. The van der Waals surface area contributed by atoms with Crippen molar-refractivity contribution in [1.82, 2.24) is 20.5 Å². The zero-order chi connectivity index (χ0) is 18.4. The van der Waals surface area contributed by atoms with E-state index in [0.29, 0.717) is 12.0 Å². The highest BCUT2D eigenvalue weighted by molar-refractivity contribution is 6.32. The average molecular weight is 379 g/mol. The third-order valence-corrected chi connectivity index (χ3v) is 5.44. The van der Waals surface area contributed by atoms with Gasteiger partial charge in [-0.15, -0.1) is 0 Å². The smallest absolute Gasteiger partial charge is 0.191 e. The second kappa shape index (κ2) is 9.42. The van der Waals surface area contributed by atoms with Gasteiger partial charge in [0.15, 0.2) is 5.96 Å². The van der Waals surface area contributed by atoms with Crippen LogP contribution in [0.5, 0.6) is 0 Å². The highest BCUT2D eigenvalue weighted by Gasteiger charge is 2.25. The number of aliphatic imine (C=N–C) groups is 1. The van der Waals surface area contributed by atoms with Crippen molar-refractivity contribution >= 4 is 23.4 Å². The molecule has 0 aromatic carbocycles. The summed E-state index contributed by atoms with van der Waals surface area (Å²) < 4.78 is 0. The van der Waals surface area contributed by atoms with Gasteiger partial charge in [0.05, 0.1) is 5.02 Å². The number of nitrogens with zero attached hydrogens (tertiary/aromatic N) is 4. The number of nitrogens with one attached hydrogen (secondary N) is 2. The van der Waals surface area contributed by atoms with Gasteiger partial charge in [-0.05, 0) is 57.8 Å². The molecule has 3 heterocycles. The zero-order valence-corrected chi connectivity index (χ0v) is 16.7. The Morgan fingerprint density at radius 2 is 2.23 bits per heavy atom. The third-order valence-electron chi connectivity index (χ3n) is 5.14. The molecule has 3 rings (SSSR count). The van der Waals surface area contributed by atoms with Gasteiger partial charge in [-0.2, -0.15) is 0 Å². The Kier molecular flexibility index (Phi) is 6.97. The summed E-state index contributed by atoms with van der Waals surface area (Å²) in [6.45, 7) is 8.10. The van der Waals surface area contributed by atoms with Crippen LogP contribution in [0.4, 0.5) is 5.82 Å². The maximum absolute atomic E-state index is 6.29. The molecule has 0 saturated carbocycles. The van der Waals surface area contributed by atoms with Crippen LogP contribution in [0.25, 0.3) is 0 Å². The van der Waals surface area contributed by atoms with Gasteiger partial charge in [0.1, 0.15) is 5.82 Å². The predicted octanol–water partition coefficient (Wildman–Crippen LogP) is 2.21. The van der Waals surface area contributed by atoms with E-state index in [9.17, 15) is 0 Å². The average Bonchev–Trinajstić information content (AvgIpc) is 3.09. The molecule has 2 atom stereocenters. The number of pyridine rings is 1. The first kappa shape index (κ1) is 19.2. The van der Waals surface area contributed by atoms with Crippen LogP contribution in [0.15, 0.2) is 23.3 Å². The summed E-state index contributed by atoms with van der Waals surface area (Å²) in [7, 11) is 2.20. The zero-order valence-electron chi connectivity index (χ0n) is 15.9. The van der Waals surface area contributed by atoms with Crippen LogP contribution < -0.4 is 15.5 Å². The maximum atomic E-state index is 6.29. The summed E-state index contributed by atoms with van der Waals surface area (Å²) >= 11 is 6.29. The molecule has 144 valence electrons. The highest BCUT2D eigenvalue weighted by atomic mass is 35.5. The second-order valence-electron chi connectivity index (χ2n) is 7.37. The van der Waals surface area contributed by atoms with Gasteiger partial charge in [-0.25, -0.2) is 4.98 Å². The fourth-order valence-electron chi connectivity index (χ4n) is 3.84. The molecule has 2 aliphatic rings. The molecule has 2 saturated heterocycles. The number of hydrogen-bond acceptors (Lipinski definition) is 4. The Labute approximate surface area is 162 Å². The number of anilines is 1. The standard InChI is InChI=1S/C19H31ClN6/c1-3-21-19(23-12-15-6-5-10-25(2)13-15)24-16-8-11-26(14-16)18-17(20)7-4-9-22-18/h4,7,9,15-16H,3,5-6,8,10-14H2,1-2H3,(H2,21,23,24). The van der Waals surface area contributed by atoms with Crippen molar-refractivity contribution in [3.8, 4) is 0 Å². The van der Waals surface area contributed by atoms with E-state index >= 15 is 0 Å². The molecule has 0 radical (unpaired) electrons. The first-order chi connectivity index (χ1) is 12.7. The minimum Gasteiger partial charge on any atom is -0.357 e. The molecule has 6 nitrogen and oxygen atoms in total. The van der Waals surface area contributed by atoms with Crippen LogP contribution in [0.3, 0.4) is 0 Å². The number of guanidine groups is 1. The number of rotatable bonds is 5. The predicted molar refractivity (Wildman–Crippen MR) is 109 cm³/mol. The van der Waals surface area contributed by atoms with Crippen molar-refractivity contribution in [1.29, 1.82) is 0 Å². The Hall–Kier alpha value is -1.53. The molecule has 2 aliphatic heterocycles. The van der Waals surface area contributed by atoms with Gasteiger partial charge in [0.25, 0.3) is 0 Å². The van der Waals surface area contributed by atoms with Gasteiger partial charge in [-0.3, -0.25) is 4.99 Å². The van der Waals surface area contributed by atoms with E-state index in [4.69, 9.17) is 16.6 Å². The van der Waals surface area contributed by atoms with E-state index in [0.717, 1.165) is 55.9 Å². The molecular weight excluding hydrogens is 348 g/mol. The fraction of sp³-hybridized carbons (Fsp3) is 0.684. The van der Waals surface area contributed by atoms with Crippen LogP contribution in [-0.4, -0.2) is 68.2 Å². The number of halogens is 1. The third kappa shape index (κ3) is 5.24. The molecule has 0 spiro atoms. The SMILES string of the molecule is CCNC(=NCC1CCCN(C)C1)NC1CCN(c2ncccc2Cl)C1. The molecule has 26 heavy (non-hydrogen) atoms. The van der Waals surface area contributed by atoms with E-state index < -0.39 is 0 Å². The van der Waals surface area contributed by atoms with Crippen LogP contribution >= 0.6 is 11.6 Å². The van der Waals surface area contributed by atoms with E-state index in [-0.39, 0.29) is 0 Å². The molecule has 2 N–H and O–H groups in total. The number of aromatic nitrogens is 1. The van der Waals surface area contributed by atoms with Crippen LogP contribution in [0, 0.1) is 5.92 Å². The molecular formula is C19H31ClN6. The minimum atomic E-state index is 0.361. The molecule has 2 fully saturated rings. The van der Waals surface area contributed by atoms with Crippen molar-refractivity contribution in [2.75, 3.05) is 51.2 Å². The first-order valence-corrected chi connectivity index (χ1v) is 10.1. The van der Waals surface area contributed by atoms with E-state index in [1.54, 1.807) is 6.20 Å². The molecule has 1 aromatic rings. The van der Waals surface area contributed by atoms with Gasteiger partial charge >= 0.3 is 0 Å². The minimum absolute atomic E-state index is 0.361. The van der Waals surface area contributed by atoms with E-state index in [2.05, 4.69) is 39.4 Å². The Morgan fingerprint density at radius 1 is 1.35 bits per heavy atom. The van der Waals surface area contributed by atoms with Crippen LogP contribution in [0.2, 0.25) is 5.02 Å². The van der Waals surface area contributed by atoms with Crippen LogP contribution in [-0.2, 0) is 0 Å². The summed E-state index contributed by atoms with van der Waals surface area (Å²) in [6.07, 6.45) is 5.42. The molecule has 0 aliphatic carbocycles. The quantitative estimate of drug-likeness (QED) is 0.607. The molecule has 0 bridgehead atoms. The maximum Gasteiger partial charge on any atom is 0.191 e. The lowest BCUT2D eigenvalue weighted by Crippen LogP contribution is -2.45. The number of hydrogen-bond donors (Lipinski definition) is 2. The van der Waals surface area contributed by atoms with Gasteiger partial charge in [0.2, 0.25) is 0 Å². The topological polar surface area (TPSA) is 55.8 Å². The van der Waals surface area contributed by atoms with Crippen molar-refractivity contribution < 1.29 is 0 Å². The Balaban J connectivity index is 1.55. The van der Waals surface area contributed by atoms with E-state index in [1.807, 2.05) is 12.1 Å². The summed E-state index contributed by atoms with van der Waals surface area (Å²) in [4.78, 5) is 14.0. The normalized spacial score (nSPS) is 24.7. The summed E-state index contributed by atoms with van der Waals surface area (Å²) in [5.41, 5.74) is 0. The van der Waals surface area contributed by atoms with Crippen molar-refractivity contribution in [2.45, 2.75) is 32.2 Å². The Morgan fingerprint density at radius 3 is 3.00 bits per heavy atom. The Bertz CT molecular complexity index is 607. The van der Waals surface area contributed by atoms with E-state index in [1.165, 1.54) is 19.4 Å². The highest BCUT2D eigenvalue weighted by Crippen LogP contribution is 2.25. The molecule has 0 amide bonds. The monoisotopic (exact) mass is 378 g/mol. The van der Waals surface area contributed by atoms with Gasteiger partial charge < -0.3 is 20.4 Å². The van der Waals surface area contributed by atoms with Crippen molar-refractivity contribution in [3.05, 3.63) is 23.4 Å². The largest absolute Gasteiger partial charge is 0.357 e. The van der Waals surface area contributed by atoms with Crippen LogP contribution in [0.1, 0.15) is 26.2 Å². The number of piperidine rings is 1. The second-order valence-corrected chi connectivity index (χ2v) is 7.78. The lowest BCUT2D eigenvalue weighted by Gasteiger charge is -2.29. The first-order valence-electron chi connectivity index (χ1n) is 9.74. The summed E-state index contributed by atoms with van der Waals surface area (Å²) in [5.74, 6) is 2.47. The van der Waals surface area contributed by atoms with Crippen molar-refractivity contribution in [3.63, 3.8) is 0 Å². The van der Waals surface area contributed by atoms with Gasteiger partial charge in [0, 0.05) is 45.0 Å². The van der Waals surface area contributed by atoms with Gasteiger partial charge in [-0.1, -0.05) is 11.6 Å². The molecule has 7 heteroatoms. The fourth-order valence-corrected chi connectivity index (χ4v) is 4.08. The van der Waals surface area contributed by atoms with Crippen molar-refractivity contribution in [2.24, 2.45) is 10.9 Å². The number of likely N-dealkylation sites (tertiary alicyclic amines) is 1.